The average molecular weight is 727 g/mol. The fourth-order valence-electron chi connectivity index (χ4n) is 6.19. The fourth-order valence-corrected chi connectivity index (χ4v) is 6.42. The Labute approximate surface area is 294 Å². The van der Waals surface area contributed by atoms with Gasteiger partial charge < -0.3 is 29.5 Å². The van der Waals surface area contributed by atoms with Gasteiger partial charge in [0, 0.05) is 31.9 Å². The van der Waals surface area contributed by atoms with Gasteiger partial charge in [-0.1, -0.05) is 24.1 Å². The molecular formula is C34H34ClF3N8O5. The van der Waals surface area contributed by atoms with Gasteiger partial charge in [0.05, 0.1) is 47.1 Å². The topological polar surface area (TPSA) is 156 Å². The summed E-state index contributed by atoms with van der Waals surface area (Å²) in [6.07, 6.45) is 1.73. The molecule has 0 unspecified atom stereocenters. The minimum absolute atomic E-state index is 0.0135. The lowest BCUT2D eigenvalue weighted by Gasteiger charge is -2.37. The van der Waals surface area contributed by atoms with Gasteiger partial charge in [0.25, 0.3) is 5.91 Å². The minimum Gasteiger partial charge on any atom is -0.504 e. The number of fused-ring (bicyclic) bond motifs is 1. The zero-order chi connectivity index (χ0) is 36.4. The van der Waals surface area contributed by atoms with Crippen LogP contribution >= 0.6 is 11.6 Å². The molecule has 0 radical (unpaired) electrons. The zero-order valence-electron chi connectivity index (χ0n) is 27.8. The van der Waals surface area contributed by atoms with E-state index in [9.17, 15) is 32.7 Å². The Morgan fingerprint density at radius 3 is 2.49 bits per heavy atom. The first-order chi connectivity index (χ1) is 24.3. The van der Waals surface area contributed by atoms with Crippen molar-refractivity contribution < 1.29 is 32.6 Å². The molecule has 0 spiro atoms. The smallest absolute Gasteiger partial charge is 0.416 e. The van der Waals surface area contributed by atoms with Crippen LogP contribution in [0.25, 0.3) is 17.2 Å². The van der Waals surface area contributed by atoms with E-state index in [1.807, 2.05) is 17.9 Å². The number of nitrogens with zero attached hydrogens (tertiary/aromatic N) is 7. The van der Waals surface area contributed by atoms with Gasteiger partial charge in [-0.2, -0.15) is 13.2 Å². The first-order valence-corrected chi connectivity index (χ1v) is 16.6. The number of nitrogens with one attached hydrogen (secondary N) is 1. The zero-order valence-corrected chi connectivity index (χ0v) is 28.5. The summed E-state index contributed by atoms with van der Waals surface area (Å²) in [5, 5.41) is 12.7. The van der Waals surface area contributed by atoms with Gasteiger partial charge in [0.15, 0.2) is 22.6 Å². The molecule has 2 aliphatic rings. The number of anilines is 2. The number of hydrogen-bond donors (Lipinski definition) is 2. The lowest BCUT2D eigenvalue weighted by Crippen LogP contribution is -2.50. The van der Waals surface area contributed by atoms with Gasteiger partial charge in [-0.05, 0) is 50.5 Å². The minimum atomic E-state index is -4.61. The highest BCUT2D eigenvalue weighted by atomic mass is 35.5. The van der Waals surface area contributed by atoms with Crippen LogP contribution in [-0.2, 0) is 28.7 Å². The van der Waals surface area contributed by atoms with Crippen LogP contribution in [-0.4, -0.2) is 85.7 Å². The van der Waals surface area contributed by atoms with E-state index in [1.54, 1.807) is 11.5 Å². The summed E-state index contributed by atoms with van der Waals surface area (Å²) < 4.78 is 46.6. The number of ether oxygens (including phenoxy) is 1. The third-order valence-electron chi connectivity index (χ3n) is 8.84. The number of aryl methyl sites for hydroxylation is 1. The van der Waals surface area contributed by atoms with Crippen LogP contribution in [0.5, 0.6) is 5.75 Å². The van der Waals surface area contributed by atoms with Gasteiger partial charge in [0.1, 0.15) is 18.6 Å². The van der Waals surface area contributed by atoms with E-state index in [1.165, 1.54) is 17.4 Å². The second-order valence-corrected chi connectivity index (χ2v) is 12.5. The van der Waals surface area contributed by atoms with E-state index in [0.717, 1.165) is 23.8 Å². The summed E-state index contributed by atoms with van der Waals surface area (Å²) in [5.74, 6) is -1.39. The van der Waals surface area contributed by atoms with Crippen LogP contribution in [0.1, 0.15) is 52.9 Å². The highest BCUT2D eigenvalue weighted by Crippen LogP contribution is 2.34. The van der Waals surface area contributed by atoms with E-state index in [2.05, 4.69) is 20.3 Å². The Hall–Kier alpha value is -5.09. The Balaban J connectivity index is 1.36. The molecule has 0 aliphatic carbocycles. The monoisotopic (exact) mass is 726 g/mol. The molecule has 2 saturated heterocycles. The molecule has 2 fully saturated rings. The lowest BCUT2D eigenvalue weighted by atomic mass is 10.1. The third kappa shape index (κ3) is 7.51. The van der Waals surface area contributed by atoms with Crippen molar-refractivity contribution in [3.8, 4) is 5.75 Å². The molecule has 13 nitrogen and oxygen atoms in total. The normalized spacial score (nSPS) is 15.3. The predicted octanol–water partition coefficient (Wildman–Crippen LogP) is 4.63. The van der Waals surface area contributed by atoms with Crippen molar-refractivity contribution in [3.05, 3.63) is 79.9 Å². The van der Waals surface area contributed by atoms with Crippen molar-refractivity contribution >= 4 is 52.0 Å². The quantitative estimate of drug-likeness (QED) is 0.276. The van der Waals surface area contributed by atoms with Gasteiger partial charge in [-0.25, -0.2) is 19.9 Å². The standard InChI is InChI=1S/C34H34ClF3N8O5/c1-3-25-29(44-8-10-45(11-9-44)33(50)28-30(48)19(2)40-18-41-28)31(49)27-32(39-16-22(42-27)14-20-6-12-51-13-7-20)46(25)17-26(47)43-24-5-4-21(15-23(24)35)34(36,37)38/h4-5,14-16,18,48H,3,6-13,17H2,1-2H3,(H,43,47). The summed E-state index contributed by atoms with van der Waals surface area (Å²) in [7, 11) is 0. The Kier molecular flexibility index (Phi) is 10.3. The van der Waals surface area contributed by atoms with Crippen molar-refractivity contribution in [1.82, 2.24) is 29.4 Å². The van der Waals surface area contributed by atoms with Gasteiger partial charge in [-0.3, -0.25) is 14.4 Å². The molecule has 2 aliphatic heterocycles. The molecule has 51 heavy (non-hydrogen) atoms. The molecule has 0 bridgehead atoms. The van der Waals surface area contributed by atoms with Crippen molar-refractivity contribution in [2.75, 3.05) is 49.6 Å². The molecule has 4 aromatic rings. The summed E-state index contributed by atoms with van der Waals surface area (Å²) >= 11 is 6.12. The van der Waals surface area contributed by atoms with Gasteiger partial charge in [0.2, 0.25) is 11.3 Å². The number of alkyl halides is 3. The number of carbonyl (C=O) groups is 2. The molecule has 1 aromatic carbocycles. The largest absolute Gasteiger partial charge is 0.504 e. The number of pyridine rings is 1. The van der Waals surface area contributed by atoms with Crippen LogP contribution in [0.2, 0.25) is 5.02 Å². The molecule has 6 rings (SSSR count). The third-order valence-corrected chi connectivity index (χ3v) is 9.15. The van der Waals surface area contributed by atoms with E-state index in [4.69, 9.17) is 21.3 Å². The van der Waals surface area contributed by atoms with Crippen molar-refractivity contribution in [2.45, 2.75) is 45.8 Å². The van der Waals surface area contributed by atoms with E-state index < -0.39 is 29.0 Å². The Bertz CT molecular complexity index is 2090. The van der Waals surface area contributed by atoms with E-state index in [0.29, 0.717) is 49.6 Å². The van der Waals surface area contributed by atoms with Gasteiger partial charge >= 0.3 is 6.18 Å². The summed E-state index contributed by atoms with van der Waals surface area (Å²) in [5.41, 5.74) is 1.33. The second-order valence-electron chi connectivity index (χ2n) is 12.1. The molecule has 5 heterocycles. The van der Waals surface area contributed by atoms with Crippen LogP contribution in [0.3, 0.4) is 0 Å². The molecule has 2 N–H and O–H groups in total. The SMILES string of the molecule is CCc1c(N2CCN(C(=O)c3ncnc(C)c3O)CC2)c(=O)c2nc(C=C3CCOCC3)cnc2n1CC(=O)Nc1ccc(C(F)(F)F)cc1Cl. The number of carbonyl (C=O) groups excluding carboxylic acids is 2. The first kappa shape index (κ1) is 35.7. The number of aromatic hydroxyl groups is 1. The summed E-state index contributed by atoms with van der Waals surface area (Å²) in [4.78, 5) is 61.6. The van der Waals surface area contributed by atoms with Crippen LogP contribution in [0.15, 0.2) is 41.1 Å². The maximum absolute atomic E-state index is 14.3. The summed E-state index contributed by atoms with van der Waals surface area (Å²) in [6.45, 7) is 5.08. The highest BCUT2D eigenvalue weighted by molar-refractivity contribution is 6.33. The summed E-state index contributed by atoms with van der Waals surface area (Å²) in [6, 6.07) is 2.64. The van der Waals surface area contributed by atoms with Gasteiger partial charge in [-0.15, -0.1) is 0 Å². The number of halogens is 4. The number of rotatable bonds is 7. The number of benzene rings is 1. The lowest BCUT2D eigenvalue weighted by molar-refractivity contribution is -0.137. The predicted molar refractivity (Wildman–Crippen MR) is 183 cm³/mol. The van der Waals surface area contributed by atoms with Crippen LogP contribution < -0.4 is 15.6 Å². The van der Waals surface area contributed by atoms with E-state index >= 15 is 0 Å². The fraction of sp³-hybridized carbons (Fsp3) is 0.382. The van der Waals surface area contributed by atoms with Crippen molar-refractivity contribution in [3.63, 3.8) is 0 Å². The van der Waals surface area contributed by atoms with Crippen molar-refractivity contribution in [1.29, 1.82) is 0 Å². The molecule has 3 aromatic heterocycles. The number of hydrogen-bond acceptors (Lipinski definition) is 10. The molecule has 0 atom stereocenters. The van der Waals surface area contributed by atoms with E-state index in [-0.39, 0.29) is 71.7 Å². The van der Waals surface area contributed by atoms with Crippen LogP contribution in [0.4, 0.5) is 24.5 Å². The molecule has 17 heteroatoms. The second kappa shape index (κ2) is 14.6. The van der Waals surface area contributed by atoms with Crippen LogP contribution in [0, 0.1) is 6.92 Å². The molecular weight excluding hydrogens is 693 g/mol. The molecule has 0 saturated carbocycles. The number of amides is 2. The highest BCUT2D eigenvalue weighted by Gasteiger charge is 2.32. The number of piperazine rings is 1. The molecule has 268 valence electrons. The Morgan fingerprint density at radius 1 is 1.10 bits per heavy atom. The maximum Gasteiger partial charge on any atom is 0.416 e. The van der Waals surface area contributed by atoms with Crippen molar-refractivity contribution in [2.24, 2.45) is 0 Å². The molecule has 2 amide bonds. The maximum atomic E-state index is 14.3. The number of aromatic nitrogens is 5. The average Bonchev–Trinajstić information content (AvgIpc) is 3.11. The first-order valence-electron chi connectivity index (χ1n) is 16.3. The Morgan fingerprint density at radius 2 is 1.82 bits per heavy atom.